The predicted octanol–water partition coefficient (Wildman–Crippen LogP) is 4.26. The van der Waals surface area contributed by atoms with E-state index >= 15 is 0 Å². The zero-order chi connectivity index (χ0) is 14.5. The van der Waals surface area contributed by atoms with Crippen molar-refractivity contribution in [1.82, 2.24) is 4.98 Å². The van der Waals surface area contributed by atoms with E-state index in [0.717, 1.165) is 18.5 Å². The molecule has 2 aromatic carbocycles. The first kappa shape index (κ1) is 14.0. The van der Waals surface area contributed by atoms with Crippen molar-refractivity contribution >= 4 is 11.3 Å². The molecule has 0 saturated heterocycles. The minimum absolute atomic E-state index is 0.235. The quantitative estimate of drug-likeness (QED) is 0.692. The van der Waals surface area contributed by atoms with Gasteiger partial charge in [0.1, 0.15) is 11.6 Å². The van der Waals surface area contributed by atoms with Crippen LogP contribution < -0.4 is 0 Å². The molecular weight excluding hydrogens is 278 g/mol. The van der Waals surface area contributed by atoms with E-state index in [9.17, 15) is 5.11 Å². The Hall–Kier alpha value is -1.97. The van der Waals surface area contributed by atoms with E-state index in [4.69, 9.17) is 0 Å². The van der Waals surface area contributed by atoms with E-state index in [1.807, 2.05) is 36.4 Å². The van der Waals surface area contributed by atoms with Gasteiger partial charge in [0, 0.05) is 17.7 Å². The van der Waals surface area contributed by atoms with Gasteiger partial charge in [0.05, 0.1) is 5.69 Å². The fraction of sp³-hybridized carbons (Fsp3) is 0.167. The van der Waals surface area contributed by atoms with Crippen molar-refractivity contribution in [3.63, 3.8) is 0 Å². The van der Waals surface area contributed by atoms with Gasteiger partial charge in [0.2, 0.25) is 0 Å². The van der Waals surface area contributed by atoms with Crippen molar-refractivity contribution in [3.05, 3.63) is 87.4 Å². The summed E-state index contributed by atoms with van der Waals surface area (Å²) in [4.78, 5) is 5.73. The van der Waals surface area contributed by atoms with Crippen LogP contribution >= 0.6 is 11.3 Å². The predicted molar refractivity (Wildman–Crippen MR) is 85.0 cm³/mol. The second-order valence-corrected chi connectivity index (χ2v) is 6.11. The van der Waals surface area contributed by atoms with Crippen LogP contribution in [0.5, 0.6) is 0 Å². The van der Waals surface area contributed by atoms with Crippen LogP contribution in [0.2, 0.25) is 0 Å². The number of hydrogen-bond acceptors (Lipinski definition) is 2. The second kappa shape index (κ2) is 6.66. The van der Waals surface area contributed by atoms with Gasteiger partial charge >= 0.3 is 0 Å². The van der Waals surface area contributed by atoms with Crippen molar-refractivity contribution in [3.8, 4) is 0 Å². The minimum atomic E-state index is -0.235. The van der Waals surface area contributed by atoms with Crippen LogP contribution in [0.1, 0.15) is 26.7 Å². The summed E-state index contributed by atoms with van der Waals surface area (Å²) in [6.07, 6.45) is 1.64. The second-order valence-electron chi connectivity index (χ2n) is 4.95. The molecule has 0 unspecified atom stereocenters. The summed E-state index contributed by atoms with van der Waals surface area (Å²) in [5, 5.41) is 11.8. The van der Waals surface area contributed by atoms with Gasteiger partial charge in [-0.1, -0.05) is 60.7 Å². The number of benzene rings is 2. The summed E-state index contributed by atoms with van der Waals surface area (Å²) in [7, 11) is 0. The summed E-state index contributed by atoms with van der Waals surface area (Å²) >= 11 is 1.55. The standard InChI is InChI=1S/C18H16NOS/c20-13-18-19-16(11-14-7-3-1-4-8-14)17(21-18)12-15-9-5-2-6-10-15/h1-10H,11-13H2. The average molecular weight is 294 g/mol. The van der Waals surface area contributed by atoms with Crippen molar-refractivity contribution in [2.24, 2.45) is 0 Å². The molecular formula is C18H16NOS. The van der Waals surface area contributed by atoms with Crippen LogP contribution in [0.3, 0.4) is 0 Å². The summed E-state index contributed by atoms with van der Waals surface area (Å²) in [5.74, 6) is 0. The Morgan fingerprint density at radius 1 is 0.810 bits per heavy atom. The van der Waals surface area contributed by atoms with Gasteiger partial charge in [-0.05, 0) is 11.1 Å². The molecule has 21 heavy (non-hydrogen) atoms. The zero-order valence-corrected chi connectivity index (χ0v) is 12.5. The molecule has 2 nitrogen and oxygen atoms in total. The first-order valence-corrected chi connectivity index (χ1v) is 7.80. The van der Waals surface area contributed by atoms with Gasteiger partial charge in [-0.3, -0.25) is 0 Å². The lowest BCUT2D eigenvalue weighted by Gasteiger charge is -2.03. The van der Waals surface area contributed by atoms with Gasteiger partial charge < -0.3 is 0 Å². The van der Waals surface area contributed by atoms with Crippen molar-refractivity contribution in [2.45, 2.75) is 19.4 Å². The molecule has 3 heteroatoms. The van der Waals surface area contributed by atoms with Gasteiger partial charge in [0.15, 0.2) is 0 Å². The normalized spacial score (nSPS) is 10.7. The van der Waals surface area contributed by atoms with Crippen molar-refractivity contribution in [2.75, 3.05) is 0 Å². The Morgan fingerprint density at radius 3 is 1.95 bits per heavy atom. The summed E-state index contributed by atoms with van der Waals surface area (Å²) in [6, 6.07) is 20.6. The Morgan fingerprint density at radius 2 is 1.38 bits per heavy atom. The Kier molecular flexibility index (Phi) is 4.43. The Bertz CT molecular complexity index is 633. The molecule has 0 saturated carbocycles. The number of thiazole rings is 1. The van der Waals surface area contributed by atoms with Crippen LogP contribution in [0.4, 0.5) is 0 Å². The van der Waals surface area contributed by atoms with Gasteiger partial charge in [-0.25, -0.2) is 10.1 Å². The van der Waals surface area contributed by atoms with E-state index < -0.39 is 0 Å². The number of rotatable bonds is 5. The highest BCUT2D eigenvalue weighted by Gasteiger charge is 2.12. The molecule has 105 valence electrons. The van der Waals surface area contributed by atoms with Gasteiger partial charge in [-0.15, -0.1) is 11.3 Å². The molecule has 0 aliphatic carbocycles. The monoisotopic (exact) mass is 294 g/mol. The van der Waals surface area contributed by atoms with E-state index in [1.165, 1.54) is 16.0 Å². The molecule has 1 aromatic heterocycles. The molecule has 0 aliphatic rings. The van der Waals surface area contributed by atoms with Crippen molar-refractivity contribution in [1.29, 1.82) is 0 Å². The fourth-order valence-corrected chi connectivity index (χ4v) is 3.32. The molecule has 0 bridgehead atoms. The zero-order valence-electron chi connectivity index (χ0n) is 11.7. The third-order valence-corrected chi connectivity index (χ3v) is 4.44. The molecule has 0 atom stereocenters. The van der Waals surface area contributed by atoms with Crippen LogP contribution in [-0.2, 0) is 24.6 Å². The van der Waals surface area contributed by atoms with Crippen LogP contribution in [-0.4, -0.2) is 4.98 Å². The topological polar surface area (TPSA) is 32.8 Å². The molecule has 0 spiro atoms. The molecule has 0 N–H and O–H groups in total. The molecule has 1 heterocycles. The highest BCUT2D eigenvalue weighted by molar-refractivity contribution is 7.11. The smallest absolute Gasteiger partial charge is 0.134 e. The van der Waals surface area contributed by atoms with E-state index in [1.54, 1.807) is 11.3 Å². The fourth-order valence-electron chi connectivity index (χ4n) is 2.35. The maximum absolute atomic E-state index is 11.1. The summed E-state index contributed by atoms with van der Waals surface area (Å²) < 4.78 is 0. The molecule has 1 radical (unpaired) electrons. The van der Waals surface area contributed by atoms with E-state index in [-0.39, 0.29) is 6.61 Å². The minimum Gasteiger partial charge on any atom is -0.243 e. The number of aromatic nitrogens is 1. The largest absolute Gasteiger partial charge is 0.243 e. The molecule has 0 amide bonds. The van der Waals surface area contributed by atoms with Crippen LogP contribution in [0, 0.1) is 0 Å². The molecule has 0 aliphatic heterocycles. The molecule has 3 rings (SSSR count). The Balaban J connectivity index is 1.87. The third kappa shape index (κ3) is 3.57. The highest BCUT2D eigenvalue weighted by Crippen LogP contribution is 2.24. The number of nitrogens with zero attached hydrogens (tertiary/aromatic N) is 1. The van der Waals surface area contributed by atoms with Gasteiger partial charge in [0.25, 0.3) is 0 Å². The summed E-state index contributed by atoms with van der Waals surface area (Å²) in [5.41, 5.74) is 3.53. The SMILES string of the molecule is [O]Cc1nc(Cc2ccccc2)c(Cc2ccccc2)s1. The van der Waals surface area contributed by atoms with Gasteiger partial charge in [-0.2, -0.15) is 0 Å². The third-order valence-electron chi connectivity index (χ3n) is 3.37. The maximum atomic E-state index is 11.1. The average Bonchev–Trinajstić information content (AvgIpc) is 2.91. The lowest BCUT2D eigenvalue weighted by atomic mass is 10.1. The summed E-state index contributed by atoms with van der Waals surface area (Å²) in [6.45, 7) is -0.235. The number of hydrogen-bond donors (Lipinski definition) is 0. The lowest BCUT2D eigenvalue weighted by molar-refractivity contribution is 0.177. The molecule has 3 aromatic rings. The van der Waals surface area contributed by atoms with Crippen molar-refractivity contribution < 1.29 is 5.11 Å². The highest BCUT2D eigenvalue weighted by atomic mass is 32.1. The van der Waals surface area contributed by atoms with E-state index in [2.05, 4.69) is 29.2 Å². The maximum Gasteiger partial charge on any atom is 0.134 e. The Labute approximate surface area is 128 Å². The lowest BCUT2D eigenvalue weighted by Crippen LogP contribution is -1.95. The van der Waals surface area contributed by atoms with Crippen LogP contribution in [0.15, 0.2) is 60.7 Å². The van der Waals surface area contributed by atoms with Crippen LogP contribution in [0.25, 0.3) is 0 Å². The first-order chi connectivity index (χ1) is 10.3. The van der Waals surface area contributed by atoms with E-state index in [0.29, 0.717) is 5.01 Å². The first-order valence-electron chi connectivity index (χ1n) is 6.98. The molecule has 0 fully saturated rings.